The van der Waals surface area contributed by atoms with E-state index >= 15 is 0 Å². The zero-order valence-corrected chi connectivity index (χ0v) is 25.3. The molecule has 0 saturated carbocycles. The molecule has 14 nitrogen and oxygen atoms in total. The van der Waals surface area contributed by atoms with Gasteiger partial charge in [0.1, 0.15) is 30.2 Å². The standard InChI is InChI=1S/C25H28BrN3O11P2/c1-37-18-8-2-15(3-9-18)14-41(33,34)40-42(35,36)38-13-20-22(30)23(31)24(39-20)28-11-10-21-27-19(12-29(21)25(28)32)16-4-6-17(26)7-5-16/h2-12,20-24,27,30-31H,13-14H2,1H3,(H,33,34)(H,35,36)/t20-,21?,22+,23?,24-/m1/s1. The lowest BCUT2D eigenvalue weighted by Crippen LogP contribution is -2.54. The van der Waals surface area contributed by atoms with Crippen LogP contribution in [0.1, 0.15) is 11.1 Å². The van der Waals surface area contributed by atoms with Crippen LogP contribution in [-0.2, 0) is 28.9 Å². The van der Waals surface area contributed by atoms with Gasteiger partial charge in [0.05, 0.1) is 25.6 Å². The van der Waals surface area contributed by atoms with Gasteiger partial charge in [0.2, 0.25) is 0 Å². The number of fused-ring (bicyclic) bond motifs is 1. The molecule has 42 heavy (non-hydrogen) atoms. The highest BCUT2D eigenvalue weighted by Crippen LogP contribution is 2.61. The van der Waals surface area contributed by atoms with Gasteiger partial charge in [-0.25, -0.2) is 13.7 Å². The molecule has 0 spiro atoms. The Labute approximate surface area is 249 Å². The number of nitrogens with zero attached hydrogens (tertiary/aromatic N) is 2. The molecule has 2 amide bonds. The highest BCUT2D eigenvalue weighted by Gasteiger charge is 2.50. The maximum Gasteiger partial charge on any atom is 0.479 e. The summed E-state index contributed by atoms with van der Waals surface area (Å²) in [6, 6.07) is 13.0. The molecule has 1 fully saturated rings. The van der Waals surface area contributed by atoms with Crippen LogP contribution in [0.2, 0.25) is 0 Å². The van der Waals surface area contributed by atoms with Crippen molar-refractivity contribution >= 4 is 43.1 Å². The lowest BCUT2D eigenvalue weighted by molar-refractivity contribution is -0.0689. The van der Waals surface area contributed by atoms with Crippen LogP contribution in [0, 0.1) is 0 Å². The Kier molecular flexibility index (Phi) is 8.98. The molecule has 7 atom stereocenters. The number of amides is 2. The van der Waals surface area contributed by atoms with Crippen molar-refractivity contribution in [3.05, 3.63) is 82.6 Å². The number of benzene rings is 2. The molecular formula is C25H28BrN3O11P2. The highest BCUT2D eigenvalue weighted by atomic mass is 79.9. The van der Waals surface area contributed by atoms with Gasteiger partial charge in [0.15, 0.2) is 6.23 Å². The summed E-state index contributed by atoms with van der Waals surface area (Å²) in [6.45, 7) is -0.793. The molecule has 3 heterocycles. The summed E-state index contributed by atoms with van der Waals surface area (Å²) in [7, 11) is -8.30. The number of ether oxygens (including phenoxy) is 2. The first-order chi connectivity index (χ1) is 19.9. The van der Waals surface area contributed by atoms with Crippen LogP contribution >= 0.6 is 31.3 Å². The molecule has 17 heteroatoms. The molecule has 3 aliphatic rings. The van der Waals surface area contributed by atoms with Gasteiger partial charge in [-0.15, -0.1) is 0 Å². The summed E-state index contributed by atoms with van der Waals surface area (Å²) in [5.41, 5.74) is 1.88. The summed E-state index contributed by atoms with van der Waals surface area (Å²) in [6.07, 6.45) is -2.36. The van der Waals surface area contributed by atoms with Crippen molar-refractivity contribution < 1.29 is 52.2 Å². The molecule has 5 N–H and O–H groups in total. The van der Waals surface area contributed by atoms with Gasteiger partial charge >= 0.3 is 21.4 Å². The minimum atomic E-state index is -5.12. The second-order valence-electron chi connectivity index (χ2n) is 9.61. The summed E-state index contributed by atoms with van der Waals surface area (Å²) in [5, 5.41) is 24.4. The van der Waals surface area contributed by atoms with E-state index in [1.54, 1.807) is 24.4 Å². The van der Waals surface area contributed by atoms with Gasteiger partial charge in [-0.1, -0.05) is 40.2 Å². The number of methoxy groups -OCH3 is 1. The SMILES string of the molecule is COc1ccc(CP(=O)(O)OP(=O)(O)OC[C@H]2O[C@@H](N3C=CC4NC(c5ccc(Br)cc5)=CN4C3=O)C(O)[C@H]2O)cc1. The fourth-order valence-electron chi connectivity index (χ4n) is 4.59. The first kappa shape index (κ1) is 30.9. The lowest BCUT2D eigenvalue weighted by Gasteiger charge is -2.35. The molecule has 4 unspecified atom stereocenters. The fourth-order valence-corrected chi connectivity index (χ4v) is 7.57. The Hall–Kier alpha value is -2.55. The smallest absolute Gasteiger partial charge is 0.479 e. The predicted molar refractivity (Wildman–Crippen MR) is 151 cm³/mol. The number of carbonyl (C=O) groups excluding carboxylic acids is 1. The second-order valence-corrected chi connectivity index (χ2v) is 14.0. The van der Waals surface area contributed by atoms with Crippen LogP contribution in [0.15, 0.2) is 71.5 Å². The summed E-state index contributed by atoms with van der Waals surface area (Å²) in [4.78, 5) is 36.0. The van der Waals surface area contributed by atoms with Crippen LogP contribution in [-0.4, -0.2) is 80.3 Å². The van der Waals surface area contributed by atoms with Crippen LogP contribution in [0.3, 0.4) is 0 Å². The van der Waals surface area contributed by atoms with Gasteiger partial charge in [-0.05, 0) is 41.5 Å². The van der Waals surface area contributed by atoms with E-state index < -0.39 is 64.9 Å². The van der Waals surface area contributed by atoms with Crippen molar-refractivity contribution in [2.75, 3.05) is 13.7 Å². The normalized spacial score (nSPS) is 28.1. The number of phosphoric ester groups is 1. The van der Waals surface area contributed by atoms with E-state index in [1.807, 2.05) is 24.3 Å². The molecule has 226 valence electrons. The molecule has 3 aliphatic heterocycles. The average Bonchev–Trinajstić information content (AvgIpc) is 3.50. The van der Waals surface area contributed by atoms with Crippen molar-refractivity contribution in [1.29, 1.82) is 0 Å². The molecular weight excluding hydrogens is 660 g/mol. The van der Waals surface area contributed by atoms with Gasteiger partial charge in [-0.3, -0.25) is 18.9 Å². The van der Waals surface area contributed by atoms with E-state index in [1.165, 1.54) is 30.3 Å². The van der Waals surface area contributed by atoms with Gasteiger partial charge in [0.25, 0.3) is 0 Å². The number of phosphoric acid groups is 1. The number of nitrogens with one attached hydrogen (secondary N) is 1. The number of hydrogen-bond acceptors (Lipinski definition) is 10. The molecule has 0 aromatic heterocycles. The molecule has 2 aromatic carbocycles. The molecule has 0 radical (unpaired) electrons. The van der Waals surface area contributed by atoms with Crippen molar-refractivity contribution in [3.63, 3.8) is 0 Å². The van der Waals surface area contributed by atoms with Crippen LogP contribution in [0.25, 0.3) is 5.70 Å². The van der Waals surface area contributed by atoms with Crippen molar-refractivity contribution in [2.45, 2.75) is 36.9 Å². The van der Waals surface area contributed by atoms with E-state index in [2.05, 4.69) is 25.6 Å². The number of hydrogen-bond donors (Lipinski definition) is 5. The number of carbonyl (C=O) groups is 1. The first-order valence-electron chi connectivity index (χ1n) is 12.5. The van der Waals surface area contributed by atoms with Crippen LogP contribution in [0.5, 0.6) is 5.75 Å². The third kappa shape index (κ3) is 6.81. The Morgan fingerprint density at radius 3 is 2.38 bits per heavy atom. The van der Waals surface area contributed by atoms with Crippen LogP contribution < -0.4 is 10.1 Å². The second kappa shape index (κ2) is 12.2. The summed E-state index contributed by atoms with van der Waals surface area (Å²) >= 11 is 3.38. The number of rotatable bonds is 10. The molecule has 5 rings (SSSR count). The molecule has 1 saturated heterocycles. The van der Waals surface area contributed by atoms with E-state index in [9.17, 15) is 33.9 Å². The number of urea groups is 1. The number of halogens is 1. The number of aliphatic hydroxyl groups excluding tert-OH is 2. The highest BCUT2D eigenvalue weighted by molar-refractivity contribution is 9.10. The van der Waals surface area contributed by atoms with E-state index in [0.717, 1.165) is 14.9 Å². The van der Waals surface area contributed by atoms with E-state index in [0.29, 0.717) is 17.0 Å². The third-order valence-corrected chi connectivity index (χ3v) is 10.3. The molecule has 0 bridgehead atoms. The summed E-state index contributed by atoms with van der Waals surface area (Å²) < 4.78 is 45.9. The predicted octanol–water partition coefficient (Wildman–Crippen LogP) is 2.90. The molecule has 2 aromatic rings. The Bertz CT molecular complexity index is 1470. The largest absolute Gasteiger partial charge is 0.497 e. The van der Waals surface area contributed by atoms with Crippen molar-refractivity contribution in [3.8, 4) is 5.75 Å². The maximum absolute atomic E-state index is 13.3. The minimum Gasteiger partial charge on any atom is -0.497 e. The zero-order valence-electron chi connectivity index (χ0n) is 22.0. The Balaban J connectivity index is 1.19. The average molecular weight is 688 g/mol. The minimum absolute atomic E-state index is 0.343. The van der Waals surface area contributed by atoms with Crippen molar-refractivity contribution in [2.24, 2.45) is 0 Å². The Morgan fingerprint density at radius 2 is 1.71 bits per heavy atom. The van der Waals surface area contributed by atoms with E-state index in [4.69, 9.17) is 14.0 Å². The zero-order chi connectivity index (χ0) is 30.2. The van der Waals surface area contributed by atoms with Gasteiger partial charge in [-0.2, -0.15) is 0 Å². The number of aliphatic hydroxyl groups is 2. The van der Waals surface area contributed by atoms with Crippen LogP contribution in [0.4, 0.5) is 4.79 Å². The third-order valence-electron chi connectivity index (χ3n) is 6.68. The topological polar surface area (TPSA) is 188 Å². The van der Waals surface area contributed by atoms with Gasteiger partial charge < -0.3 is 34.8 Å². The van der Waals surface area contributed by atoms with E-state index in [-0.39, 0.29) is 0 Å². The fraction of sp³-hybridized carbons (Fsp3) is 0.320. The maximum atomic E-state index is 13.3. The monoisotopic (exact) mass is 687 g/mol. The molecule has 0 aliphatic carbocycles. The summed E-state index contributed by atoms with van der Waals surface area (Å²) in [5.74, 6) is 0.514. The van der Waals surface area contributed by atoms with Crippen molar-refractivity contribution in [1.82, 2.24) is 15.1 Å². The van der Waals surface area contributed by atoms with Gasteiger partial charge in [0, 0.05) is 16.9 Å². The lowest BCUT2D eigenvalue weighted by atomic mass is 10.1. The quantitative estimate of drug-likeness (QED) is 0.230. The Morgan fingerprint density at radius 1 is 1.02 bits per heavy atom. The first-order valence-corrected chi connectivity index (χ1v) is 16.6.